The van der Waals surface area contributed by atoms with E-state index >= 15 is 0 Å². The summed E-state index contributed by atoms with van der Waals surface area (Å²) >= 11 is 0. The number of rotatable bonds is 3. The molecule has 0 radical (unpaired) electrons. The predicted octanol–water partition coefficient (Wildman–Crippen LogP) is 0.765. The number of carboxylic acids is 1. The summed E-state index contributed by atoms with van der Waals surface area (Å²) in [5, 5.41) is 8.74. The highest BCUT2D eigenvalue weighted by Gasteiger charge is 2.49. The summed E-state index contributed by atoms with van der Waals surface area (Å²) < 4.78 is 0. The van der Waals surface area contributed by atoms with Gasteiger partial charge in [-0.3, -0.25) is 14.5 Å². The highest BCUT2D eigenvalue weighted by Crippen LogP contribution is 2.40. The van der Waals surface area contributed by atoms with Crippen molar-refractivity contribution in [3.63, 3.8) is 0 Å². The molecule has 1 aromatic rings. The number of carbonyl (C=O) groups excluding carboxylic acids is 1. The van der Waals surface area contributed by atoms with Crippen LogP contribution in [-0.4, -0.2) is 29.0 Å². The van der Waals surface area contributed by atoms with Crippen LogP contribution in [0.15, 0.2) is 24.4 Å². The maximum atomic E-state index is 11.8. The third kappa shape index (κ3) is 1.88. The summed E-state index contributed by atoms with van der Waals surface area (Å²) in [5.74, 6) is -1.43. The van der Waals surface area contributed by atoms with E-state index in [0.717, 1.165) is 0 Å². The highest BCUT2D eigenvalue weighted by molar-refractivity contribution is 5.99. The van der Waals surface area contributed by atoms with Crippen LogP contribution in [0.2, 0.25) is 0 Å². The number of nitrogens with zero attached hydrogens (tertiary/aromatic N) is 2. The van der Waals surface area contributed by atoms with Crippen molar-refractivity contribution in [2.45, 2.75) is 6.42 Å². The lowest BCUT2D eigenvalue weighted by atomic mass is 10.3. The third-order valence-electron chi connectivity index (χ3n) is 2.75. The molecule has 0 aliphatic heterocycles. The van der Waals surface area contributed by atoms with Crippen LogP contribution in [0.25, 0.3) is 0 Å². The molecule has 84 valence electrons. The average Bonchev–Trinajstić information content (AvgIpc) is 3.08. The molecule has 0 aromatic carbocycles. The lowest BCUT2D eigenvalue weighted by Gasteiger charge is -2.15. The molecular weight excluding hydrogens is 208 g/mol. The van der Waals surface area contributed by atoms with Crippen LogP contribution in [0.4, 0.5) is 5.82 Å². The minimum atomic E-state index is -0.896. The monoisotopic (exact) mass is 220 g/mol. The first kappa shape index (κ1) is 10.6. The van der Waals surface area contributed by atoms with Gasteiger partial charge in [0, 0.05) is 13.2 Å². The number of aliphatic carboxylic acids is 1. The fourth-order valence-electron chi connectivity index (χ4n) is 1.65. The van der Waals surface area contributed by atoms with Crippen LogP contribution in [0.5, 0.6) is 0 Å². The minimum absolute atomic E-state index is 0.175. The summed E-state index contributed by atoms with van der Waals surface area (Å²) in [5.41, 5.74) is 0. The number of hydrogen-bond acceptors (Lipinski definition) is 3. The Morgan fingerprint density at radius 3 is 2.69 bits per heavy atom. The number of carboxylic acid groups (broad SMARTS) is 1. The number of anilines is 1. The van der Waals surface area contributed by atoms with Crippen molar-refractivity contribution >= 4 is 17.7 Å². The van der Waals surface area contributed by atoms with Gasteiger partial charge in [-0.15, -0.1) is 0 Å². The van der Waals surface area contributed by atoms with Crippen molar-refractivity contribution in [3.8, 4) is 0 Å². The second-order valence-corrected chi connectivity index (χ2v) is 3.87. The minimum Gasteiger partial charge on any atom is -0.481 e. The Morgan fingerprint density at radius 2 is 2.19 bits per heavy atom. The van der Waals surface area contributed by atoms with Crippen LogP contribution in [0, 0.1) is 11.8 Å². The molecule has 1 aliphatic rings. The van der Waals surface area contributed by atoms with E-state index in [0.29, 0.717) is 12.2 Å². The second kappa shape index (κ2) is 3.92. The lowest BCUT2D eigenvalue weighted by molar-refractivity contribution is -0.139. The molecule has 1 aromatic heterocycles. The van der Waals surface area contributed by atoms with Gasteiger partial charge in [0.2, 0.25) is 5.91 Å². The molecule has 0 unspecified atom stereocenters. The van der Waals surface area contributed by atoms with Gasteiger partial charge in [-0.25, -0.2) is 4.98 Å². The SMILES string of the molecule is CN(C(=O)[C@@H]1C[C@@H]1C(=O)O)c1ccccn1. The largest absolute Gasteiger partial charge is 0.481 e. The van der Waals surface area contributed by atoms with Crippen molar-refractivity contribution in [3.05, 3.63) is 24.4 Å². The van der Waals surface area contributed by atoms with Crippen LogP contribution in [0.3, 0.4) is 0 Å². The average molecular weight is 220 g/mol. The van der Waals surface area contributed by atoms with E-state index < -0.39 is 11.9 Å². The standard InChI is InChI=1S/C11H12N2O3/c1-13(9-4-2-3-5-12-9)10(14)7-6-8(7)11(15)16/h2-5,7-8H,6H2,1H3,(H,15,16)/t7-,8+/m1/s1. The highest BCUT2D eigenvalue weighted by atomic mass is 16.4. The predicted molar refractivity (Wildman–Crippen MR) is 56.9 cm³/mol. The molecule has 1 fully saturated rings. The Balaban J connectivity index is 2.04. The number of pyridine rings is 1. The van der Waals surface area contributed by atoms with Gasteiger partial charge in [-0.1, -0.05) is 6.07 Å². The molecular formula is C11H12N2O3. The Labute approximate surface area is 92.7 Å². The zero-order valence-corrected chi connectivity index (χ0v) is 8.83. The van der Waals surface area contributed by atoms with Gasteiger partial charge in [0.15, 0.2) is 0 Å². The van der Waals surface area contributed by atoms with E-state index in [9.17, 15) is 9.59 Å². The van der Waals surface area contributed by atoms with Crippen LogP contribution < -0.4 is 4.90 Å². The summed E-state index contributed by atoms with van der Waals surface area (Å²) in [6, 6.07) is 5.27. The van der Waals surface area contributed by atoms with Crippen molar-refractivity contribution in [1.82, 2.24) is 4.98 Å². The van der Waals surface area contributed by atoms with Crippen LogP contribution >= 0.6 is 0 Å². The summed E-state index contributed by atoms with van der Waals surface area (Å²) in [6.45, 7) is 0. The van der Waals surface area contributed by atoms with Gasteiger partial charge in [0.05, 0.1) is 11.8 Å². The molecule has 1 amide bonds. The fraction of sp³-hybridized carbons (Fsp3) is 0.364. The summed E-state index contributed by atoms with van der Waals surface area (Å²) in [7, 11) is 1.61. The van der Waals surface area contributed by atoms with E-state index in [1.54, 1.807) is 31.4 Å². The first-order valence-electron chi connectivity index (χ1n) is 5.02. The molecule has 5 nitrogen and oxygen atoms in total. The third-order valence-corrected chi connectivity index (χ3v) is 2.75. The number of carbonyl (C=O) groups is 2. The lowest BCUT2D eigenvalue weighted by Crippen LogP contribution is -2.29. The van der Waals surface area contributed by atoms with E-state index in [1.807, 2.05) is 0 Å². The number of aromatic nitrogens is 1. The van der Waals surface area contributed by atoms with Gasteiger partial charge in [0.1, 0.15) is 5.82 Å². The van der Waals surface area contributed by atoms with E-state index in [1.165, 1.54) is 4.90 Å². The van der Waals surface area contributed by atoms with Gasteiger partial charge in [-0.2, -0.15) is 0 Å². The van der Waals surface area contributed by atoms with E-state index in [2.05, 4.69) is 4.98 Å². The fourth-order valence-corrected chi connectivity index (χ4v) is 1.65. The van der Waals surface area contributed by atoms with Gasteiger partial charge in [-0.05, 0) is 18.6 Å². The Bertz CT molecular complexity index is 418. The normalized spacial score (nSPS) is 22.6. The van der Waals surface area contributed by atoms with E-state index in [4.69, 9.17) is 5.11 Å². The molecule has 1 heterocycles. The molecule has 16 heavy (non-hydrogen) atoms. The first-order chi connectivity index (χ1) is 7.61. The maximum Gasteiger partial charge on any atom is 0.307 e. The topological polar surface area (TPSA) is 70.5 Å². The molecule has 0 spiro atoms. The molecule has 1 saturated carbocycles. The van der Waals surface area contributed by atoms with E-state index in [-0.39, 0.29) is 11.8 Å². The van der Waals surface area contributed by atoms with Crippen molar-refractivity contribution in [2.24, 2.45) is 11.8 Å². The molecule has 1 aliphatic carbocycles. The van der Waals surface area contributed by atoms with Crippen molar-refractivity contribution < 1.29 is 14.7 Å². The smallest absolute Gasteiger partial charge is 0.307 e. The molecule has 0 bridgehead atoms. The van der Waals surface area contributed by atoms with Gasteiger partial charge >= 0.3 is 5.97 Å². The molecule has 1 N–H and O–H groups in total. The first-order valence-corrected chi connectivity index (χ1v) is 5.02. The zero-order valence-electron chi connectivity index (χ0n) is 8.83. The zero-order chi connectivity index (χ0) is 11.7. The summed E-state index contributed by atoms with van der Waals surface area (Å²) in [4.78, 5) is 27.9. The van der Waals surface area contributed by atoms with Crippen molar-refractivity contribution in [2.75, 3.05) is 11.9 Å². The summed E-state index contributed by atoms with van der Waals surface area (Å²) in [6.07, 6.45) is 2.03. The van der Waals surface area contributed by atoms with Gasteiger partial charge in [0.25, 0.3) is 0 Å². The Hall–Kier alpha value is -1.91. The Kier molecular flexibility index (Phi) is 2.60. The molecule has 2 rings (SSSR count). The van der Waals surface area contributed by atoms with Crippen LogP contribution in [-0.2, 0) is 9.59 Å². The van der Waals surface area contributed by atoms with Crippen LogP contribution in [0.1, 0.15) is 6.42 Å². The maximum absolute atomic E-state index is 11.8. The molecule has 5 heteroatoms. The number of hydrogen-bond donors (Lipinski definition) is 1. The Morgan fingerprint density at radius 1 is 1.44 bits per heavy atom. The molecule has 0 saturated heterocycles. The second-order valence-electron chi connectivity index (χ2n) is 3.87. The van der Waals surface area contributed by atoms with Gasteiger partial charge < -0.3 is 5.11 Å². The number of amides is 1. The van der Waals surface area contributed by atoms with Crippen molar-refractivity contribution in [1.29, 1.82) is 0 Å². The quantitative estimate of drug-likeness (QED) is 0.816. The molecule has 2 atom stereocenters.